The normalized spacial score (nSPS) is 14.7. The van der Waals surface area contributed by atoms with Crippen LogP contribution >= 0.6 is 0 Å². The van der Waals surface area contributed by atoms with E-state index in [0.717, 1.165) is 10.3 Å². The van der Waals surface area contributed by atoms with E-state index in [-0.39, 0.29) is 0 Å². The molecule has 158 valence electrons. The van der Waals surface area contributed by atoms with Gasteiger partial charge in [0.25, 0.3) is 17.7 Å². The summed E-state index contributed by atoms with van der Waals surface area (Å²) in [6.07, 6.45) is 0. The molecule has 0 fully saturated rings. The Bertz CT molecular complexity index is 1170. The van der Waals surface area contributed by atoms with Gasteiger partial charge in [0.05, 0.1) is 5.69 Å². The largest absolute Gasteiger partial charge is 0.281 e. The molecule has 1 N–H and O–H groups in total. The third-order valence-corrected chi connectivity index (χ3v) is 5.67. The molecule has 0 saturated heterocycles. The second-order valence-corrected chi connectivity index (χ2v) is 8.89. The molecule has 0 saturated carbocycles. The minimum absolute atomic E-state index is 0.307. The van der Waals surface area contributed by atoms with Crippen molar-refractivity contribution < 1.29 is 19.6 Å². The summed E-state index contributed by atoms with van der Waals surface area (Å²) in [5, 5.41) is 12.7. The van der Waals surface area contributed by atoms with Gasteiger partial charge >= 0.3 is 0 Å². The number of hydroxylamine groups is 1. The van der Waals surface area contributed by atoms with Crippen LogP contribution in [0.5, 0.6) is 0 Å². The van der Waals surface area contributed by atoms with Crippen molar-refractivity contribution in [2.45, 2.75) is 33.7 Å². The first-order valence-electron chi connectivity index (χ1n) is 10.1. The summed E-state index contributed by atoms with van der Waals surface area (Å²) < 4.78 is 0. The number of hydrogen-bond donors (Lipinski definition) is 1. The number of nitrogens with zero attached hydrogens (tertiary/aromatic N) is 2. The number of anilines is 1. The molecule has 0 aliphatic carbocycles. The van der Waals surface area contributed by atoms with E-state index in [1.807, 2.05) is 12.1 Å². The lowest BCUT2D eigenvalue weighted by atomic mass is 9.82. The molecule has 31 heavy (non-hydrogen) atoms. The average molecular weight is 416 g/mol. The third-order valence-electron chi connectivity index (χ3n) is 5.67. The Hall–Kier alpha value is -3.51. The highest BCUT2D eigenvalue weighted by molar-refractivity contribution is 6.26. The molecule has 1 heterocycles. The molecule has 0 unspecified atom stereocenters. The van der Waals surface area contributed by atoms with Crippen LogP contribution in [0, 0.1) is 12.3 Å². The highest BCUT2D eigenvalue weighted by atomic mass is 16.5. The monoisotopic (exact) mass is 416 g/mol. The fraction of sp³-hybridized carbons (Fsp3) is 0.240. The zero-order chi connectivity index (χ0) is 22.5. The lowest BCUT2D eigenvalue weighted by Gasteiger charge is -2.40. The van der Waals surface area contributed by atoms with Crippen LogP contribution in [0.4, 0.5) is 5.69 Å². The smallest absolute Gasteiger partial charge is 0.274 e. The number of para-hydroxylation sites is 1. The number of aryl methyl sites for hydroxylation is 1. The third kappa shape index (κ3) is 3.29. The van der Waals surface area contributed by atoms with Gasteiger partial charge in [0, 0.05) is 16.5 Å². The van der Waals surface area contributed by atoms with Gasteiger partial charge in [0.2, 0.25) is 0 Å². The summed E-state index contributed by atoms with van der Waals surface area (Å²) in [5.74, 6) is -1.82. The molecule has 0 spiro atoms. The molecular formula is C25H24N2O4. The lowest BCUT2D eigenvalue weighted by molar-refractivity contribution is -0.131. The molecule has 1 atom stereocenters. The van der Waals surface area contributed by atoms with Crippen LogP contribution in [0.15, 0.2) is 60.7 Å². The number of benzene rings is 3. The number of imide groups is 1. The maximum Gasteiger partial charge on any atom is 0.274 e. The van der Waals surface area contributed by atoms with Crippen LogP contribution in [-0.4, -0.2) is 33.9 Å². The van der Waals surface area contributed by atoms with Gasteiger partial charge in [-0.2, -0.15) is 5.06 Å². The molecule has 1 aliphatic rings. The van der Waals surface area contributed by atoms with E-state index in [0.29, 0.717) is 32.8 Å². The van der Waals surface area contributed by atoms with E-state index in [1.165, 1.54) is 0 Å². The molecule has 3 aromatic carbocycles. The van der Waals surface area contributed by atoms with E-state index in [1.54, 1.807) is 76.2 Å². The molecule has 1 aliphatic heterocycles. The fourth-order valence-electron chi connectivity index (χ4n) is 4.19. The van der Waals surface area contributed by atoms with Crippen LogP contribution in [-0.2, 0) is 4.79 Å². The maximum absolute atomic E-state index is 13.5. The number of carbonyl (C=O) groups excluding carboxylic acids is 3. The minimum Gasteiger partial charge on any atom is -0.281 e. The Morgan fingerprint density at radius 2 is 1.45 bits per heavy atom. The predicted octanol–water partition coefficient (Wildman–Crippen LogP) is 4.58. The average Bonchev–Trinajstić information content (AvgIpc) is 2.73. The quantitative estimate of drug-likeness (QED) is 0.385. The Morgan fingerprint density at radius 1 is 0.903 bits per heavy atom. The van der Waals surface area contributed by atoms with Crippen molar-refractivity contribution in [2.24, 2.45) is 5.41 Å². The first-order chi connectivity index (χ1) is 14.6. The van der Waals surface area contributed by atoms with Crippen LogP contribution in [0.2, 0.25) is 0 Å². The molecule has 4 rings (SSSR count). The predicted molar refractivity (Wildman–Crippen MR) is 118 cm³/mol. The van der Waals surface area contributed by atoms with Gasteiger partial charge in [-0.3, -0.25) is 24.5 Å². The van der Waals surface area contributed by atoms with Gasteiger partial charge < -0.3 is 0 Å². The molecule has 3 aromatic rings. The van der Waals surface area contributed by atoms with E-state index in [9.17, 15) is 19.6 Å². The summed E-state index contributed by atoms with van der Waals surface area (Å²) in [6.45, 7) is 7.07. The zero-order valence-electron chi connectivity index (χ0n) is 17.9. The van der Waals surface area contributed by atoms with Crippen LogP contribution < -0.4 is 5.06 Å². The van der Waals surface area contributed by atoms with Gasteiger partial charge in [-0.25, -0.2) is 0 Å². The standard InChI is InChI=1S/C25H24N2O4/c1-15-9-5-6-14-19(15)27(31)24(30)21(25(2,3)4)26-22(28)17-12-7-10-16-11-8-13-18(20(16)17)23(26)29/h5-14,21,31H,1-4H3/t21-/m1/s1. The van der Waals surface area contributed by atoms with Gasteiger partial charge in [-0.15, -0.1) is 0 Å². The van der Waals surface area contributed by atoms with Crippen LogP contribution in [0.1, 0.15) is 47.1 Å². The molecular weight excluding hydrogens is 392 g/mol. The molecule has 6 heteroatoms. The summed E-state index contributed by atoms with van der Waals surface area (Å²) in [6, 6.07) is 16.2. The Labute approximate surface area is 180 Å². The topological polar surface area (TPSA) is 77.9 Å². The SMILES string of the molecule is Cc1ccccc1N(O)C(=O)[C@@H](N1C(=O)c2cccc3cccc(c23)C1=O)C(C)(C)C. The van der Waals surface area contributed by atoms with Crippen molar-refractivity contribution in [3.05, 3.63) is 77.4 Å². The zero-order valence-corrected chi connectivity index (χ0v) is 17.9. The second kappa shape index (κ2) is 7.32. The van der Waals surface area contributed by atoms with Crippen molar-refractivity contribution in [3.63, 3.8) is 0 Å². The van der Waals surface area contributed by atoms with Crippen molar-refractivity contribution in [1.29, 1.82) is 0 Å². The maximum atomic E-state index is 13.5. The number of rotatable bonds is 3. The van der Waals surface area contributed by atoms with Gasteiger partial charge in [-0.1, -0.05) is 63.2 Å². The van der Waals surface area contributed by atoms with Gasteiger partial charge in [0.15, 0.2) is 0 Å². The summed E-state index contributed by atoms with van der Waals surface area (Å²) in [7, 11) is 0. The fourth-order valence-corrected chi connectivity index (χ4v) is 4.19. The van der Waals surface area contributed by atoms with Gasteiger partial charge in [0.1, 0.15) is 6.04 Å². The minimum atomic E-state index is -1.21. The molecule has 6 nitrogen and oxygen atoms in total. The van der Waals surface area contributed by atoms with E-state index >= 15 is 0 Å². The van der Waals surface area contributed by atoms with Crippen molar-refractivity contribution >= 4 is 34.2 Å². The van der Waals surface area contributed by atoms with E-state index in [2.05, 4.69) is 0 Å². The highest BCUT2D eigenvalue weighted by Crippen LogP contribution is 2.36. The molecule has 0 aromatic heterocycles. The van der Waals surface area contributed by atoms with Crippen molar-refractivity contribution in [1.82, 2.24) is 4.90 Å². The number of carbonyl (C=O) groups is 3. The Morgan fingerprint density at radius 3 is 1.97 bits per heavy atom. The summed E-state index contributed by atoms with van der Waals surface area (Å²) >= 11 is 0. The lowest BCUT2D eigenvalue weighted by Crippen LogP contribution is -2.59. The van der Waals surface area contributed by atoms with Crippen molar-refractivity contribution in [3.8, 4) is 0 Å². The first kappa shape index (κ1) is 20.8. The number of amides is 3. The van der Waals surface area contributed by atoms with Crippen molar-refractivity contribution in [2.75, 3.05) is 5.06 Å². The molecule has 0 radical (unpaired) electrons. The van der Waals surface area contributed by atoms with E-state index in [4.69, 9.17) is 0 Å². The molecule has 3 amide bonds. The first-order valence-corrected chi connectivity index (χ1v) is 10.1. The Kier molecular flexibility index (Phi) is 4.90. The Balaban J connectivity index is 1.84. The highest BCUT2D eigenvalue weighted by Gasteiger charge is 2.47. The second-order valence-electron chi connectivity index (χ2n) is 8.89. The molecule has 0 bridgehead atoms. The van der Waals surface area contributed by atoms with Crippen LogP contribution in [0.3, 0.4) is 0 Å². The number of hydrogen-bond acceptors (Lipinski definition) is 4. The summed E-state index contributed by atoms with van der Waals surface area (Å²) in [4.78, 5) is 41.5. The van der Waals surface area contributed by atoms with Crippen LogP contribution in [0.25, 0.3) is 10.8 Å². The summed E-state index contributed by atoms with van der Waals surface area (Å²) in [5.41, 5.74) is 0.913. The van der Waals surface area contributed by atoms with Gasteiger partial charge in [-0.05, 0) is 41.5 Å². The van der Waals surface area contributed by atoms with E-state index < -0.39 is 29.2 Å².